The molecule has 0 spiro atoms. The van der Waals surface area contributed by atoms with E-state index in [2.05, 4.69) is 40.0 Å². The molecule has 1 aromatic rings. The highest BCUT2D eigenvalue weighted by atomic mass is 127. The maximum Gasteiger partial charge on any atom is 0.221 e. The predicted octanol–water partition coefficient (Wildman–Crippen LogP) is 3.51. The van der Waals surface area contributed by atoms with Gasteiger partial charge in [0.15, 0.2) is 5.96 Å². The van der Waals surface area contributed by atoms with Crippen molar-refractivity contribution < 1.29 is 4.79 Å². The highest BCUT2D eigenvalue weighted by Crippen LogP contribution is 2.17. The summed E-state index contributed by atoms with van der Waals surface area (Å²) < 4.78 is 0. The minimum atomic E-state index is 0. The van der Waals surface area contributed by atoms with Crippen molar-refractivity contribution in [2.45, 2.75) is 65.0 Å². The quantitative estimate of drug-likeness (QED) is 0.323. The molecule has 1 saturated carbocycles. The highest BCUT2D eigenvalue weighted by molar-refractivity contribution is 14.0. The number of nitrogens with one attached hydrogen (secondary N) is 3. The normalized spacial score (nSPS) is 15.1. The van der Waals surface area contributed by atoms with Gasteiger partial charge in [-0.25, -0.2) is 4.99 Å². The molecule has 2 rings (SSSR count). The van der Waals surface area contributed by atoms with Crippen molar-refractivity contribution in [3.63, 3.8) is 0 Å². The standard InChI is InChI=1S/C20H32N4O.HI/c1-3-21-20(23-15-17-10-8-7-9-16(17)2)22-14-13-19(25)24-18-11-5-4-6-12-18;/h7-10,18H,3-6,11-15H2,1-2H3,(H,24,25)(H2,21,22,23);1H. The van der Waals surface area contributed by atoms with Crippen molar-refractivity contribution in [1.82, 2.24) is 16.0 Å². The molecule has 26 heavy (non-hydrogen) atoms. The zero-order valence-electron chi connectivity index (χ0n) is 16.0. The molecule has 1 amide bonds. The minimum Gasteiger partial charge on any atom is -0.357 e. The van der Waals surface area contributed by atoms with Crippen LogP contribution in [-0.2, 0) is 11.3 Å². The van der Waals surface area contributed by atoms with Crippen molar-refractivity contribution in [2.75, 3.05) is 13.1 Å². The summed E-state index contributed by atoms with van der Waals surface area (Å²) in [6, 6.07) is 8.65. The Morgan fingerprint density at radius 1 is 1.15 bits per heavy atom. The molecule has 146 valence electrons. The van der Waals surface area contributed by atoms with Crippen molar-refractivity contribution >= 4 is 35.8 Å². The maximum atomic E-state index is 12.1. The van der Waals surface area contributed by atoms with Gasteiger partial charge in [0.25, 0.3) is 0 Å². The van der Waals surface area contributed by atoms with Gasteiger partial charge in [-0.3, -0.25) is 4.79 Å². The number of carbonyl (C=O) groups is 1. The smallest absolute Gasteiger partial charge is 0.221 e. The molecule has 0 aliphatic heterocycles. The summed E-state index contributed by atoms with van der Waals surface area (Å²) >= 11 is 0. The predicted molar refractivity (Wildman–Crippen MR) is 119 cm³/mol. The topological polar surface area (TPSA) is 65.5 Å². The van der Waals surface area contributed by atoms with Gasteiger partial charge in [0.05, 0.1) is 6.54 Å². The molecule has 3 N–H and O–H groups in total. The molecular formula is C20H33IN4O. The van der Waals surface area contributed by atoms with Crippen LogP contribution >= 0.6 is 24.0 Å². The number of amides is 1. The lowest BCUT2D eigenvalue weighted by Gasteiger charge is -2.22. The summed E-state index contributed by atoms with van der Waals surface area (Å²) in [6.07, 6.45) is 6.50. The molecule has 0 atom stereocenters. The Morgan fingerprint density at radius 3 is 2.58 bits per heavy atom. The zero-order valence-corrected chi connectivity index (χ0v) is 18.3. The first-order valence-corrected chi connectivity index (χ1v) is 9.55. The van der Waals surface area contributed by atoms with E-state index in [-0.39, 0.29) is 29.9 Å². The Kier molecular flexibility index (Phi) is 11.3. The molecule has 0 radical (unpaired) electrons. The van der Waals surface area contributed by atoms with Crippen LogP contribution in [0.2, 0.25) is 0 Å². The number of halogens is 1. The molecule has 1 aliphatic rings. The number of guanidine groups is 1. The van der Waals surface area contributed by atoms with Gasteiger partial charge in [-0.2, -0.15) is 0 Å². The summed E-state index contributed by atoms with van der Waals surface area (Å²) in [5.41, 5.74) is 2.46. The summed E-state index contributed by atoms with van der Waals surface area (Å²) in [6.45, 7) is 6.17. The van der Waals surface area contributed by atoms with Crippen LogP contribution in [0, 0.1) is 6.92 Å². The van der Waals surface area contributed by atoms with Crippen LogP contribution in [0.3, 0.4) is 0 Å². The first-order valence-electron chi connectivity index (χ1n) is 9.55. The van der Waals surface area contributed by atoms with Crippen LogP contribution in [-0.4, -0.2) is 31.0 Å². The SMILES string of the molecule is CCNC(=NCc1ccccc1C)NCCC(=O)NC1CCCCC1.I. The number of hydrogen-bond acceptors (Lipinski definition) is 2. The van der Waals surface area contributed by atoms with Gasteiger partial charge in [0.2, 0.25) is 5.91 Å². The number of aliphatic imine (C=N–C) groups is 1. The van der Waals surface area contributed by atoms with E-state index in [1.54, 1.807) is 0 Å². The first-order chi connectivity index (χ1) is 12.2. The van der Waals surface area contributed by atoms with Crippen molar-refractivity contribution in [1.29, 1.82) is 0 Å². The van der Waals surface area contributed by atoms with Gasteiger partial charge in [0, 0.05) is 25.6 Å². The van der Waals surface area contributed by atoms with Gasteiger partial charge < -0.3 is 16.0 Å². The highest BCUT2D eigenvalue weighted by Gasteiger charge is 2.15. The number of benzene rings is 1. The average molecular weight is 472 g/mol. The van der Waals surface area contributed by atoms with Gasteiger partial charge in [-0.15, -0.1) is 24.0 Å². The van der Waals surface area contributed by atoms with E-state index in [1.165, 1.54) is 30.4 Å². The van der Waals surface area contributed by atoms with E-state index in [9.17, 15) is 4.79 Å². The fraction of sp³-hybridized carbons (Fsp3) is 0.600. The lowest BCUT2D eigenvalue weighted by molar-refractivity contribution is -0.121. The maximum absolute atomic E-state index is 12.1. The number of carbonyl (C=O) groups excluding carboxylic acids is 1. The summed E-state index contributed by atoms with van der Waals surface area (Å²) in [5.74, 6) is 0.894. The Bertz CT molecular complexity index is 571. The van der Waals surface area contributed by atoms with Crippen molar-refractivity contribution in [3.8, 4) is 0 Å². The first kappa shape index (κ1) is 22.7. The van der Waals surface area contributed by atoms with E-state index in [0.717, 1.165) is 25.3 Å². The number of nitrogens with zero attached hydrogens (tertiary/aromatic N) is 1. The van der Waals surface area contributed by atoms with Crippen molar-refractivity contribution in [3.05, 3.63) is 35.4 Å². The number of rotatable bonds is 7. The molecule has 1 aliphatic carbocycles. The van der Waals surface area contributed by atoms with Crippen LogP contribution in [0.4, 0.5) is 0 Å². The fourth-order valence-corrected chi connectivity index (χ4v) is 3.13. The molecular weight excluding hydrogens is 439 g/mol. The Balaban J connectivity index is 0.00000338. The average Bonchev–Trinajstić information content (AvgIpc) is 2.61. The Hall–Kier alpha value is -1.31. The van der Waals surface area contributed by atoms with Crippen LogP contribution < -0.4 is 16.0 Å². The van der Waals surface area contributed by atoms with Crippen molar-refractivity contribution in [2.24, 2.45) is 4.99 Å². The summed E-state index contributed by atoms with van der Waals surface area (Å²) in [4.78, 5) is 16.7. The van der Waals surface area contributed by atoms with Gasteiger partial charge in [-0.05, 0) is 37.8 Å². The molecule has 6 heteroatoms. The second-order valence-electron chi connectivity index (χ2n) is 6.70. The Labute approximate surface area is 174 Å². The van der Waals surface area contributed by atoms with Gasteiger partial charge in [-0.1, -0.05) is 43.5 Å². The van der Waals surface area contributed by atoms with E-state index in [4.69, 9.17) is 0 Å². The molecule has 0 heterocycles. The van der Waals surface area contributed by atoms with E-state index in [1.807, 2.05) is 19.1 Å². The van der Waals surface area contributed by atoms with Gasteiger partial charge >= 0.3 is 0 Å². The van der Waals surface area contributed by atoms with E-state index in [0.29, 0.717) is 25.6 Å². The van der Waals surface area contributed by atoms with E-state index >= 15 is 0 Å². The lowest BCUT2D eigenvalue weighted by atomic mass is 9.95. The summed E-state index contributed by atoms with van der Waals surface area (Å²) in [5, 5.41) is 9.64. The minimum absolute atomic E-state index is 0. The lowest BCUT2D eigenvalue weighted by Crippen LogP contribution is -2.41. The third-order valence-corrected chi connectivity index (χ3v) is 4.63. The molecule has 0 aromatic heterocycles. The second-order valence-corrected chi connectivity index (χ2v) is 6.70. The van der Waals surface area contributed by atoms with Gasteiger partial charge in [0.1, 0.15) is 0 Å². The molecule has 0 saturated heterocycles. The molecule has 5 nitrogen and oxygen atoms in total. The molecule has 0 bridgehead atoms. The van der Waals surface area contributed by atoms with Crippen LogP contribution in [0.5, 0.6) is 0 Å². The van der Waals surface area contributed by atoms with Crippen LogP contribution in [0.25, 0.3) is 0 Å². The molecule has 1 aromatic carbocycles. The number of aryl methyl sites for hydroxylation is 1. The molecule has 0 unspecified atom stereocenters. The van der Waals surface area contributed by atoms with E-state index < -0.39 is 0 Å². The monoisotopic (exact) mass is 472 g/mol. The zero-order chi connectivity index (χ0) is 17.9. The fourth-order valence-electron chi connectivity index (χ4n) is 3.13. The third kappa shape index (κ3) is 8.38. The Morgan fingerprint density at radius 2 is 1.88 bits per heavy atom. The number of hydrogen-bond donors (Lipinski definition) is 3. The largest absolute Gasteiger partial charge is 0.357 e. The third-order valence-electron chi connectivity index (χ3n) is 4.63. The summed E-state index contributed by atoms with van der Waals surface area (Å²) in [7, 11) is 0. The van der Waals surface area contributed by atoms with Crippen LogP contribution in [0.1, 0.15) is 56.6 Å². The molecule has 1 fully saturated rings. The van der Waals surface area contributed by atoms with Crippen LogP contribution in [0.15, 0.2) is 29.3 Å². The second kappa shape index (κ2) is 12.9.